The first kappa shape index (κ1) is 24.0. The second-order valence-electron chi connectivity index (χ2n) is 7.71. The lowest BCUT2D eigenvalue weighted by Gasteiger charge is -2.16. The van der Waals surface area contributed by atoms with Crippen molar-refractivity contribution in [3.8, 4) is 5.75 Å². The first-order valence-electron chi connectivity index (χ1n) is 11.1. The quantitative estimate of drug-likeness (QED) is 0.296. The van der Waals surface area contributed by atoms with Crippen molar-refractivity contribution in [3.05, 3.63) is 101 Å². The maximum Gasteiger partial charge on any atom is 0.407 e. The predicted molar refractivity (Wildman–Crippen MR) is 136 cm³/mol. The van der Waals surface area contributed by atoms with Crippen LogP contribution in [0.25, 0.3) is 10.8 Å². The molecule has 0 aliphatic rings. The summed E-state index contributed by atoms with van der Waals surface area (Å²) in [6.07, 6.45) is 0.425. The van der Waals surface area contributed by atoms with Gasteiger partial charge >= 0.3 is 6.09 Å². The smallest absolute Gasteiger partial charge is 0.407 e. The number of ether oxygens (including phenoxy) is 2. The predicted octanol–water partition coefficient (Wildman–Crippen LogP) is 6.01. The maximum atomic E-state index is 12.3. The van der Waals surface area contributed by atoms with Gasteiger partial charge in [-0.3, -0.25) is 9.78 Å². The van der Waals surface area contributed by atoms with Gasteiger partial charge in [-0.1, -0.05) is 60.1 Å². The highest BCUT2D eigenvalue weighted by molar-refractivity contribution is 6.34. The van der Waals surface area contributed by atoms with Crippen LogP contribution in [0.1, 0.15) is 29.1 Å². The number of carbonyl (C=O) groups is 2. The Kier molecular flexibility index (Phi) is 7.80. The minimum atomic E-state index is -0.567. The van der Waals surface area contributed by atoms with Crippen molar-refractivity contribution in [1.29, 1.82) is 0 Å². The summed E-state index contributed by atoms with van der Waals surface area (Å²) in [5, 5.41) is 7.85. The van der Waals surface area contributed by atoms with Crippen molar-refractivity contribution < 1.29 is 19.1 Å². The van der Waals surface area contributed by atoms with Crippen molar-refractivity contribution in [2.24, 2.45) is 0 Å². The molecule has 0 saturated heterocycles. The van der Waals surface area contributed by atoms with Crippen molar-refractivity contribution in [2.75, 3.05) is 18.5 Å². The topological polar surface area (TPSA) is 89.5 Å². The summed E-state index contributed by atoms with van der Waals surface area (Å²) in [5.41, 5.74) is 1.41. The van der Waals surface area contributed by atoms with Crippen LogP contribution in [0.2, 0.25) is 5.02 Å². The van der Waals surface area contributed by atoms with Crippen LogP contribution in [-0.4, -0.2) is 30.1 Å². The van der Waals surface area contributed by atoms with Crippen LogP contribution in [0.5, 0.6) is 5.75 Å². The summed E-state index contributed by atoms with van der Waals surface area (Å²) in [6, 6.07) is 23.9. The first-order chi connectivity index (χ1) is 17.0. The third-order valence-electron chi connectivity index (χ3n) is 5.27. The highest BCUT2D eigenvalue weighted by Gasteiger charge is 2.15. The molecule has 3 aromatic carbocycles. The molecule has 4 rings (SSSR count). The zero-order valence-corrected chi connectivity index (χ0v) is 19.8. The van der Waals surface area contributed by atoms with Gasteiger partial charge in [0.15, 0.2) is 0 Å². The third kappa shape index (κ3) is 6.28. The number of alkyl carbamates (subject to hydrolysis) is 1. The number of hydrogen-bond donors (Lipinski definition) is 2. The molecule has 0 spiro atoms. The monoisotopic (exact) mass is 489 g/mol. The van der Waals surface area contributed by atoms with Gasteiger partial charge in [0.25, 0.3) is 5.91 Å². The molecule has 1 unspecified atom stereocenters. The standard InChI is InChI=1S/C27H24ClN3O4/c1-18(20-12-13-23(22(28)17-20)31-26(32)24-10-4-5-14-29-24)35-27(33)30-15-16-34-25-11-6-8-19-7-2-3-9-21(19)25/h2-14,17-18H,15-16H2,1H3,(H,30,33)(H,31,32). The Morgan fingerprint density at radius 2 is 1.80 bits per heavy atom. The summed E-state index contributed by atoms with van der Waals surface area (Å²) in [6.45, 7) is 2.33. The molecule has 0 aliphatic heterocycles. The summed E-state index contributed by atoms with van der Waals surface area (Å²) in [4.78, 5) is 28.5. The van der Waals surface area contributed by atoms with Gasteiger partial charge < -0.3 is 20.1 Å². The fourth-order valence-corrected chi connectivity index (χ4v) is 3.71. The van der Waals surface area contributed by atoms with E-state index < -0.39 is 12.2 Å². The van der Waals surface area contributed by atoms with Crippen LogP contribution < -0.4 is 15.4 Å². The molecule has 1 aromatic heterocycles. The third-order valence-corrected chi connectivity index (χ3v) is 5.58. The number of fused-ring (bicyclic) bond motifs is 1. The minimum Gasteiger partial charge on any atom is -0.491 e. The molecule has 0 bridgehead atoms. The van der Waals surface area contributed by atoms with Gasteiger partial charge in [-0.15, -0.1) is 0 Å². The largest absolute Gasteiger partial charge is 0.491 e. The van der Waals surface area contributed by atoms with Crippen LogP contribution in [0.4, 0.5) is 10.5 Å². The fraction of sp³-hybridized carbons (Fsp3) is 0.148. The summed E-state index contributed by atoms with van der Waals surface area (Å²) >= 11 is 6.34. The minimum absolute atomic E-state index is 0.283. The molecular weight excluding hydrogens is 466 g/mol. The Morgan fingerprint density at radius 3 is 2.60 bits per heavy atom. The van der Waals surface area contributed by atoms with Gasteiger partial charge in [0.2, 0.25) is 0 Å². The van der Waals surface area contributed by atoms with E-state index in [1.807, 2.05) is 42.5 Å². The molecule has 0 radical (unpaired) electrons. The molecule has 4 aromatic rings. The summed E-state index contributed by atoms with van der Waals surface area (Å²) in [7, 11) is 0. The number of pyridine rings is 1. The van der Waals surface area contributed by atoms with Gasteiger partial charge in [-0.05, 0) is 48.2 Å². The van der Waals surface area contributed by atoms with Gasteiger partial charge in [-0.25, -0.2) is 4.79 Å². The van der Waals surface area contributed by atoms with E-state index in [2.05, 4.69) is 15.6 Å². The lowest BCUT2D eigenvalue weighted by molar-refractivity contribution is 0.102. The average Bonchev–Trinajstić information content (AvgIpc) is 2.88. The van der Waals surface area contributed by atoms with E-state index >= 15 is 0 Å². The Balaban J connectivity index is 1.25. The van der Waals surface area contributed by atoms with E-state index in [9.17, 15) is 9.59 Å². The number of rotatable bonds is 8. The van der Waals surface area contributed by atoms with E-state index in [1.54, 1.807) is 49.5 Å². The van der Waals surface area contributed by atoms with Crippen LogP contribution in [0, 0.1) is 0 Å². The van der Waals surface area contributed by atoms with E-state index in [1.165, 1.54) is 0 Å². The van der Waals surface area contributed by atoms with Crippen LogP contribution in [0.3, 0.4) is 0 Å². The van der Waals surface area contributed by atoms with E-state index in [0.717, 1.165) is 16.5 Å². The van der Waals surface area contributed by atoms with E-state index in [-0.39, 0.29) is 18.1 Å². The molecule has 2 N–H and O–H groups in total. The number of hydrogen-bond acceptors (Lipinski definition) is 5. The van der Waals surface area contributed by atoms with E-state index in [4.69, 9.17) is 21.1 Å². The summed E-state index contributed by atoms with van der Waals surface area (Å²) in [5.74, 6) is 0.395. The number of anilines is 1. The van der Waals surface area contributed by atoms with Crippen molar-refractivity contribution in [1.82, 2.24) is 10.3 Å². The number of halogens is 1. The van der Waals surface area contributed by atoms with Crippen LogP contribution in [0.15, 0.2) is 85.1 Å². The maximum absolute atomic E-state index is 12.3. The lowest BCUT2D eigenvalue weighted by Crippen LogP contribution is -2.29. The summed E-state index contributed by atoms with van der Waals surface area (Å²) < 4.78 is 11.3. The van der Waals surface area contributed by atoms with Crippen LogP contribution in [-0.2, 0) is 4.74 Å². The van der Waals surface area contributed by atoms with Crippen molar-refractivity contribution in [3.63, 3.8) is 0 Å². The number of nitrogens with one attached hydrogen (secondary N) is 2. The second-order valence-corrected chi connectivity index (χ2v) is 8.12. The normalized spacial score (nSPS) is 11.5. The number of carbonyl (C=O) groups excluding carboxylic acids is 2. The molecule has 1 atom stereocenters. The SMILES string of the molecule is CC(OC(=O)NCCOc1cccc2ccccc12)c1ccc(NC(=O)c2ccccn2)c(Cl)c1. The fourth-order valence-electron chi connectivity index (χ4n) is 3.47. The Labute approximate surface area is 208 Å². The first-order valence-corrected chi connectivity index (χ1v) is 11.5. The molecule has 1 heterocycles. The number of benzene rings is 3. The van der Waals surface area contributed by atoms with Gasteiger partial charge in [-0.2, -0.15) is 0 Å². The van der Waals surface area contributed by atoms with Crippen molar-refractivity contribution >= 4 is 40.1 Å². The van der Waals surface area contributed by atoms with E-state index in [0.29, 0.717) is 22.9 Å². The highest BCUT2D eigenvalue weighted by atomic mass is 35.5. The molecule has 0 fully saturated rings. The van der Waals surface area contributed by atoms with Gasteiger partial charge in [0.05, 0.1) is 17.3 Å². The number of amides is 2. The zero-order chi connectivity index (χ0) is 24.6. The van der Waals surface area contributed by atoms with Gasteiger partial charge in [0, 0.05) is 11.6 Å². The Bertz CT molecular complexity index is 1330. The highest BCUT2D eigenvalue weighted by Crippen LogP contribution is 2.28. The Hall–Kier alpha value is -4.10. The molecule has 2 amide bonds. The number of aromatic nitrogens is 1. The molecule has 35 heavy (non-hydrogen) atoms. The van der Waals surface area contributed by atoms with Gasteiger partial charge in [0.1, 0.15) is 24.2 Å². The molecule has 8 heteroatoms. The molecular formula is C27H24ClN3O4. The molecule has 0 saturated carbocycles. The molecule has 178 valence electrons. The molecule has 7 nitrogen and oxygen atoms in total. The average molecular weight is 490 g/mol. The number of nitrogens with zero attached hydrogens (tertiary/aromatic N) is 1. The molecule has 0 aliphatic carbocycles. The van der Waals surface area contributed by atoms with Crippen LogP contribution >= 0.6 is 11.6 Å². The Morgan fingerprint density at radius 1 is 1.00 bits per heavy atom. The second kappa shape index (κ2) is 11.4. The zero-order valence-electron chi connectivity index (χ0n) is 19.0. The van der Waals surface area contributed by atoms with Crippen molar-refractivity contribution in [2.45, 2.75) is 13.0 Å². The lowest BCUT2D eigenvalue weighted by atomic mass is 10.1.